The summed E-state index contributed by atoms with van der Waals surface area (Å²) in [5.41, 5.74) is 9.95. The summed E-state index contributed by atoms with van der Waals surface area (Å²) in [7, 11) is -3.16. The summed E-state index contributed by atoms with van der Waals surface area (Å²) in [4.78, 5) is 2.21. The van der Waals surface area contributed by atoms with Crippen molar-refractivity contribution in [1.82, 2.24) is 4.72 Å². The molecule has 1 aliphatic carbocycles. The second kappa shape index (κ2) is 7.87. The van der Waals surface area contributed by atoms with E-state index in [0.717, 1.165) is 36.3 Å². The van der Waals surface area contributed by atoms with E-state index in [1.807, 2.05) is 12.1 Å². The van der Waals surface area contributed by atoms with Crippen LogP contribution in [0.1, 0.15) is 29.9 Å². The highest BCUT2D eigenvalue weighted by atomic mass is 32.2. The first kappa shape index (κ1) is 19.8. The maximum atomic E-state index is 12.2. The van der Waals surface area contributed by atoms with Gasteiger partial charge in [0.15, 0.2) is 0 Å². The van der Waals surface area contributed by atoms with Gasteiger partial charge in [-0.1, -0.05) is 30.3 Å². The monoisotopic (exact) mass is 427 g/mol. The van der Waals surface area contributed by atoms with E-state index in [2.05, 4.69) is 46.0 Å². The lowest BCUT2D eigenvalue weighted by Crippen LogP contribution is -2.59. The van der Waals surface area contributed by atoms with E-state index in [0.29, 0.717) is 25.6 Å². The Morgan fingerprint density at radius 3 is 2.60 bits per heavy atom. The van der Waals surface area contributed by atoms with Crippen LogP contribution in [-0.2, 0) is 16.4 Å². The van der Waals surface area contributed by atoms with Crippen molar-refractivity contribution in [3.05, 3.63) is 59.7 Å². The number of anilines is 1. The molecule has 0 amide bonds. The standard InChI is InChI=1S/C23H29N3O3S/c24-22-14-29-23-9-8-19(11-21(23)20(22)10-16-4-2-1-3-5-16)26-12-18(13-26)25-30(27,28)15-17-6-7-17/h1-5,8-9,11,17-18,20,22,25H,6-7,10,12-15,24H2. The highest BCUT2D eigenvalue weighted by Crippen LogP contribution is 2.38. The van der Waals surface area contributed by atoms with Gasteiger partial charge in [0.2, 0.25) is 10.0 Å². The molecule has 2 atom stereocenters. The number of nitrogens with zero attached hydrogens (tertiary/aromatic N) is 1. The van der Waals surface area contributed by atoms with Crippen molar-refractivity contribution in [3.8, 4) is 5.75 Å². The molecule has 7 heteroatoms. The lowest BCUT2D eigenvalue weighted by Gasteiger charge is -2.42. The molecule has 160 valence electrons. The van der Waals surface area contributed by atoms with Crippen LogP contribution < -0.4 is 20.1 Å². The van der Waals surface area contributed by atoms with Crippen molar-refractivity contribution in [2.75, 3.05) is 30.3 Å². The van der Waals surface area contributed by atoms with E-state index in [-0.39, 0.29) is 23.8 Å². The van der Waals surface area contributed by atoms with Crippen molar-refractivity contribution in [3.63, 3.8) is 0 Å². The van der Waals surface area contributed by atoms with Crippen molar-refractivity contribution in [1.29, 1.82) is 0 Å². The average molecular weight is 428 g/mol. The fraction of sp³-hybridized carbons (Fsp3) is 0.478. The molecule has 2 aromatic rings. The Bertz CT molecular complexity index is 1000. The van der Waals surface area contributed by atoms with Crippen LogP contribution >= 0.6 is 0 Å². The van der Waals surface area contributed by atoms with Crippen molar-refractivity contribution < 1.29 is 13.2 Å². The maximum absolute atomic E-state index is 12.2. The van der Waals surface area contributed by atoms with Gasteiger partial charge in [-0.25, -0.2) is 13.1 Å². The molecule has 0 radical (unpaired) electrons. The van der Waals surface area contributed by atoms with Gasteiger partial charge in [-0.2, -0.15) is 0 Å². The number of hydrogen-bond acceptors (Lipinski definition) is 5. The predicted molar refractivity (Wildman–Crippen MR) is 118 cm³/mol. The Hall–Kier alpha value is -2.09. The van der Waals surface area contributed by atoms with E-state index >= 15 is 0 Å². The Kier molecular flexibility index (Phi) is 5.21. The van der Waals surface area contributed by atoms with Gasteiger partial charge in [0.25, 0.3) is 0 Å². The third kappa shape index (κ3) is 4.33. The van der Waals surface area contributed by atoms with Crippen LogP contribution in [0.5, 0.6) is 5.75 Å². The lowest BCUT2D eigenvalue weighted by molar-refractivity contribution is 0.238. The van der Waals surface area contributed by atoms with Gasteiger partial charge in [0, 0.05) is 36.3 Å². The maximum Gasteiger partial charge on any atom is 0.212 e. The molecule has 2 aromatic carbocycles. The van der Waals surface area contributed by atoms with E-state index in [9.17, 15) is 8.42 Å². The lowest BCUT2D eigenvalue weighted by atomic mass is 9.84. The van der Waals surface area contributed by atoms with Crippen LogP contribution in [0.25, 0.3) is 0 Å². The summed E-state index contributed by atoms with van der Waals surface area (Å²) < 4.78 is 33.2. The van der Waals surface area contributed by atoms with E-state index in [1.54, 1.807) is 0 Å². The molecule has 0 bridgehead atoms. The number of nitrogens with two attached hydrogens (primary N) is 1. The smallest absolute Gasteiger partial charge is 0.212 e. The van der Waals surface area contributed by atoms with Crippen LogP contribution in [0.4, 0.5) is 5.69 Å². The molecule has 0 spiro atoms. The van der Waals surface area contributed by atoms with Crippen molar-refractivity contribution in [2.24, 2.45) is 11.7 Å². The summed E-state index contributed by atoms with van der Waals surface area (Å²) in [6, 6.07) is 16.6. The van der Waals surface area contributed by atoms with E-state index < -0.39 is 10.0 Å². The average Bonchev–Trinajstić information content (AvgIpc) is 3.50. The molecule has 2 fully saturated rings. The minimum absolute atomic E-state index is 0.0107. The first-order valence-corrected chi connectivity index (χ1v) is 12.4. The molecule has 5 rings (SSSR count). The van der Waals surface area contributed by atoms with Crippen LogP contribution in [0.2, 0.25) is 0 Å². The van der Waals surface area contributed by atoms with Crippen LogP contribution in [0.3, 0.4) is 0 Å². The van der Waals surface area contributed by atoms with Crippen LogP contribution in [-0.4, -0.2) is 46.0 Å². The zero-order chi connectivity index (χ0) is 20.7. The Morgan fingerprint density at radius 2 is 1.87 bits per heavy atom. The molecule has 3 aliphatic rings. The molecule has 3 N–H and O–H groups in total. The van der Waals surface area contributed by atoms with Crippen LogP contribution in [0.15, 0.2) is 48.5 Å². The summed E-state index contributed by atoms with van der Waals surface area (Å²) in [6.07, 6.45) is 2.97. The fourth-order valence-corrected chi connectivity index (χ4v) is 6.18. The second-order valence-corrected chi connectivity index (χ2v) is 10.7. The molecule has 30 heavy (non-hydrogen) atoms. The van der Waals surface area contributed by atoms with Crippen molar-refractivity contribution in [2.45, 2.75) is 37.3 Å². The van der Waals surface area contributed by atoms with Gasteiger partial charge in [0.05, 0.1) is 11.8 Å². The van der Waals surface area contributed by atoms with Crippen LogP contribution in [0, 0.1) is 5.92 Å². The number of fused-ring (bicyclic) bond motifs is 1. The normalized spacial score (nSPS) is 24.1. The van der Waals surface area contributed by atoms with Gasteiger partial charge in [0.1, 0.15) is 12.4 Å². The van der Waals surface area contributed by atoms with Gasteiger partial charge in [-0.15, -0.1) is 0 Å². The molecule has 6 nitrogen and oxygen atoms in total. The molecular weight excluding hydrogens is 398 g/mol. The molecule has 2 unspecified atom stereocenters. The molecule has 1 saturated carbocycles. The number of sulfonamides is 1. The van der Waals surface area contributed by atoms with Gasteiger partial charge in [-0.3, -0.25) is 0 Å². The first-order valence-electron chi connectivity index (χ1n) is 10.8. The summed E-state index contributed by atoms with van der Waals surface area (Å²) >= 11 is 0. The predicted octanol–water partition coefficient (Wildman–Crippen LogP) is 2.25. The fourth-order valence-electron chi connectivity index (χ4n) is 4.48. The van der Waals surface area contributed by atoms with Crippen molar-refractivity contribution >= 4 is 15.7 Å². The minimum atomic E-state index is -3.16. The number of hydrogen-bond donors (Lipinski definition) is 2. The molecule has 0 aromatic heterocycles. The third-order valence-electron chi connectivity index (χ3n) is 6.38. The number of rotatable bonds is 7. The van der Waals surface area contributed by atoms with E-state index in [4.69, 9.17) is 10.5 Å². The Balaban J connectivity index is 1.28. The highest BCUT2D eigenvalue weighted by Gasteiger charge is 2.35. The summed E-state index contributed by atoms with van der Waals surface area (Å²) in [5, 5.41) is 0. The number of nitrogens with one attached hydrogen (secondary N) is 1. The summed E-state index contributed by atoms with van der Waals surface area (Å²) in [6.45, 7) is 1.91. The second-order valence-electron chi connectivity index (χ2n) is 8.94. The Morgan fingerprint density at radius 1 is 1.10 bits per heavy atom. The van der Waals surface area contributed by atoms with Gasteiger partial charge >= 0.3 is 0 Å². The zero-order valence-electron chi connectivity index (χ0n) is 17.0. The Labute approximate surface area is 178 Å². The number of ether oxygens (including phenoxy) is 1. The van der Waals surface area contributed by atoms with Gasteiger partial charge in [-0.05, 0) is 48.9 Å². The van der Waals surface area contributed by atoms with E-state index in [1.165, 1.54) is 5.56 Å². The topological polar surface area (TPSA) is 84.7 Å². The molecule has 1 saturated heterocycles. The summed E-state index contributed by atoms with van der Waals surface area (Å²) in [5.74, 6) is 1.75. The third-order valence-corrected chi connectivity index (χ3v) is 7.99. The minimum Gasteiger partial charge on any atom is -0.492 e. The SMILES string of the molecule is NC1COc2ccc(N3CC(NS(=O)(=O)CC4CC4)C3)cc2C1Cc1ccccc1. The highest BCUT2D eigenvalue weighted by molar-refractivity contribution is 7.89. The molecular formula is C23H29N3O3S. The molecule has 2 aliphatic heterocycles. The first-order chi connectivity index (χ1) is 14.5. The molecule has 2 heterocycles. The zero-order valence-corrected chi connectivity index (χ0v) is 17.9. The number of benzene rings is 2. The van der Waals surface area contributed by atoms with Gasteiger partial charge < -0.3 is 15.4 Å². The quantitative estimate of drug-likeness (QED) is 0.708. The largest absolute Gasteiger partial charge is 0.492 e.